The first-order valence-corrected chi connectivity index (χ1v) is 3.89. The van der Waals surface area contributed by atoms with Crippen LogP contribution in [0.25, 0.3) is 0 Å². The van der Waals surface area contributed by atoms with Gasteiger partial charge < -0.3 is 20.8 Å². The molecule has 0 aliphatic heterocycles. The molecule has 0 saturated carbocycles. The summed E-state index contributed by atoms with van der Waals surface area (Å²) in [6.45, 7) is -1.16. The molecule has 0 unspecified atom stereocenters. The molecule has 0 aromatic carbocycles. The Morgan fingerprint density at radius 3 is 1.40 bits per heavy atom. The predicted molar refractivity (Wildman–Crippen MR) is 45.9 cm³/mol. The van der Waals surface area contributed by atoms with Crippen LogP contribution in [0.4, 0.5) is 0 Å². The van der Waals surface area contributed by atoms with E-state index < -0.39 is 43.3 Å². The lowest BCUT2D eigenvalue weighted by atomic mass is 10.3. The molecule has 84 valence electrons. The number of rotatable bonds is 6. The van der Waals surface area contributed by atoms with E-state index in [0.717, 1.165) is 0 Å². The van der Waals surface area contributed by atoms with Gasteiger partial charge in [-0.2, -0.15) is 0 Å². The van der Waals surface area contributed by atoms with Crippen molar-refractivity contribution in [2.24, 2.45) is 0 Å². The maximum absolute atomic E-state index is 10.8. The van der Waals surface area contributed by atoms with Crippen molar-refractivity contribution >= 4 is 23.8 Å². The van der Waals surface area contributed by atoms with Gasteiger partial charge in [0.1, 0.15) is 19.5 Å². The monoisotopic (exact) mass is 218 g/mol. The highest BCUT2D eigenvalue weighted by atomic mass is 16.4. The maximum atomic E-state index is 10.8. The summed E-state index contributed by atoms with van der Waals surface area (Å²) < 4.78 is 0. The van der Waals surface area contributed by atoms with Crippen molar-refractivity contribution < 1.29 is 29.4 Å². The highest BCUT2D eigenvalue weighted by Gasteiger charge is 2.10. The van der Waals surface area contributed by atoms with Crippen LogP contribution in [0.1, 0.15) is 6.42 Å². The molecule has 0 heterocycles. The molecule has 8 nitrogen and oxygen atoms in total. The summed E-state index contributed by atoms with van der Waals surface area (Å²) in [6.07, 6.45) is -0.597. The molecule has 0 bridgehead atoms. The molecule has 0 atom stereocenters. The van der Waals surface area contributed by atoms with Gasteiger partial charge in [-0.1, -0.05) is 0 Å². The van der Waals surface area contributed by atoms with Crippen molar-refractivity contribution in [1.82, 2.24) is 10.6 Å². The first-order chi connectivity index (χ1) is 6.91. The average molecular weight is 218 g/mol. The van der Waals surface area contributed by atoms with E-state index in [9.17, 15) is 19.2 Å². The second kappa shape index (κ2) is 6.35. The van der Waals surface area contributed by atoms with Crippen molar-refractivity contribution in [3.8, 4) is 0 Å². The standard InChI is InChI=1S/C7H10N2O6/c10-4(8-2-6(12)13)1-5(11)9-3-7(14)15/h1-3H2,(H,8,10)(H,9,11)(H,12,13)(H,14,15). The number of aliphatic carboxylic acids is 2. The van der Waals surface area contributed by atoms with E-state index in [2.05, 4.69) is 0 Å². The summed E-state index contributed by atoms with van der Waals surface area (Å²) in [6, 6.07) is 0. The van der Waals surface area contributed by atoms with E-state index in [1.807, 2.05) is 10.6 Å². The molecule has 0 spiro atoms. The second-order valence-electron chi connectivity index (χ2n) is 2.52. The fraction of sp³-hybridized carbons (Fsp3) is 0.429. The first kappa shape index (κ1) is 12.9. The molecular formula is C7H10N2O6. The van der Waals surface area contributed by atoms with E-state index in [-0.39, 0.29) is 0 Å². The normalized spacial score (nSPS) is 9.07. The topological polar surface area (TPSA) is 133 Å². The molecule has 15 heavy (non-hydrogen) atoms. The molecule has 0 rings (SSSR count). The quantitative estimate of drug-likeness (QED) is 0.373. The van der Waals surface area contributed by atoms with Gasteiger partial charge in [0.15, 0.2) is 0 Å². The number of hydrogen-bond acceptors (Lipinski definition) is 4. The third-order valence-electron chi connectivity index (χ3n) is 1.19. The zero-order valence-electron chi connectivity index (χ0n) is 7.65. The van der Waals surface area contributed by atoms with Gasteiger partial charge in [0.05, 0.1) is 0 Å². The number of carbonyl (C=O) groups excluding carboxylic acids is 2. The SMILES string of the molecule is O=C(O)CNC(=O)CC(=O)NCC(=O)O. The third-order valence-corrected chi connectivity index (χ3v) is 1.19. The van der Waals surface area contributed by atoms with Crippen molar-refractivity contribution in [2.75, 3.05) is 13.1 Å². The molecule has 2 amide bonds. The first-order valence-electron chi connectivity index (χ1n) is 3.89. The molecular weight excluding hydrogens is 208 g/mol. The average Bonchev–Trinajstić information content (AvgIpc) is 2.11. The summed E-state index contributed by atoms with van der Waals surface area (Å²) in [4.78, 5) is 41.7. The van der Waals surface area contributed by atoms with Crippen LogP contribution >= 0.6 is 0 Å². The predicted octanol–water partition coefficient (Wildman–Crippen LogP) is -2.22. The van der Waals surface area contributed by atoms with E-state index >= 15 is 0 Å². The molecule has 8 heteroatoms. The van der Waals surface area contributed by atoms with E-state index in [1.54, 1.807) is 0 Å². The largest absolute Gasteiger partial charge is 0.480 e. The summed E-state index contributed by atoms with van der Waals surface area (Å²) in [5.41, 5.74) is 0. The van der Waals surface area contributed by atoms with E-state index in [0.29, 0.717) is 0 Å². The lowest BCUT2D eigenvalue weighted by Gasteiger charge is -2.02. The van der Waals surface area contributed by atoms with Crippen LogP contribution in [-0.2, 0) is 19.2 Å². The highest BCUT2D eigenvalue weighted by Crippen LogP contribution is 1.80. The molecule has 0 saturated heterocycles. The molecule has 0 aliphatic rings. The Morgan fingerprint density at radius 2 is 1.13 bits per heavy atom. The fourth-order valence-corrected chi connectivity index (χ4v) is 0.619. The molecule has 0 aliphatic carbocycles. The summed E-state index contributed by atoms with van der Waals surface area (Å²) in [5.74, 6) is -4.01. The van der Waals surface area contributed by atoms with Gasteiger partial charge in [-0.05, 0) is 0 Å². The zero-order valence-corrected chi connectivity index (χ0v) is 7.65. The number of carbonyl (C=O) groups is 4. The van der Waals surface area contributed by atoms with Crippen molar-refractivity contribution in [1.29, 1.82) is 0 Å². The number of carboxylic acids is 2. The number of hydrogen-bond donors (Lipinski definition) is 4. The minimum atomic E-state index is -1.23. The Hall–Kier alpha value is -2.12. The van der Waals surface area contributed by atoms with Gasteiger partial charge in [-0.3, -0.25) is 19.2 Å². The number of carboxylic acid groups (broad SMARTS) is 2. The molecule has 0 radical (unpaired) electrons. The van der Waals surface area contributed by atoms with Gasteiger partial charge in [0.2, 0.25) is 11.8 Å². The van der Waals surface area contributed by atoms with Crippen molar-refractivity contribution in [3.05, 3.63) is 0 Å². The van der Waals surface area contributed by atoms with Crippen molar-refractivity contribution in [2.45, 2.75) is 6.42 Å². The summed E-state index contributed by atoms with van der Waals surface area (Å²) in [7, 11) is 0. The van der Waals surface area contributed by atoms with E-state index in [1.165, 1.54) is 0 Å². The lowest BCUT2D eigenvalue weighted by molar-refractivity contribution is -0.139. The van der Waals surface area contributed by atoms with Crippen molar-refractivity contribution in [3.63, 3.8) is 0 Å². The van der Waals surface area contributed by atoms with Gasteiger partial charge in [-0.25, -0.2) is 0 Å². The minimum absolute atomic E-state index is 0.578. The van der Waals surface area contributed by atoms with Crippen LogP contribution < -0.4 is 10.6 Å². The number of nitrogens with one attached hydrogen (secondary N) is 2. The smallest absolute Gasteiger partial charge is 0.322 e. The summed E-state index contributed by atoms with van der Waals surface area (Å²) in [5, 5.41) is 20.3. The summed E-state index contributed by atoms with van der Waals surface area (Å²) >= 11 is 0. The Bertz CT molecular complexity index is 259. The molecule has 0 aromatic rings. The van der Waals surface area contributed by atoms with Crippen LogP contribution in [0.2, 0.25) is 0 Å². The second-order valence-corrected chi connectivity index (χ2v) is 2.52. The van der Waals surface area contributed by atoms with Crippen LogP contribution in [0.5, 0.6) is 0 Å². The van der Waals surface area contributed by atoms with Crippen LogP contribution in [0.3, 0.4) is 0 Å². The Balaban J connectivity index is 3.71. The van der Waals surface area contributed by atoms with Gasteiger partial charge >= 0.3 is 11.9 Å². The number of amides is 2. The lowest BCUT2D eigenvalue weighted by Crippen LogP contribution is -2.36. The fourth-order valence-electron chi connectivity index (χ4n) is 0.619. The third kappa shape index (κ3) is 8.22. The van der Waals surface area contributed by atoms with Crippen LogP contribution in [-0.4, -0.2) is 47.1 Å². The maximum Gasteiger partial charge on any atom is 0.322 e. The Morgan fingerprint density at radius 1 is 0.800 bits per heavy atom. The van der Waals surface area contributed by atoms with Gasteiger partial charge in [0.25, 0.3) is 0 Å². The van der Waals surface area contributed by atoms with Crippen LogP contribution in [0, 0.1) is 0 Å². The zero-order chi connectivity index (χ0) is 11.8. The van der Waals surface area contributed by atoms with Gasteiger partial charge in [0, 0.05) is 0 Å². The molecule has 0 fully saturated rings. The van der Waals surface area contributed by atoms with Gasteiger partial charge in [-0.15, -0.1) is 0 Å². The Labute approximate surface area is 84.3 Å². The minimum Gasteiger partial charge on any atom is -0.480 e. The molecule has 4 N–H and O–H groups in total. The van der Waals surface area contributed by atoms with Crippen LogP contribution in [0.15, 0.2) is 0 Å². The Kier molecular flexibility index (Phi) is 5.45. The highest BCUT2D eigenvalue weighted by molar-refractivity contribution is 5.98. The molecule has 0 aromatic heterocycles. The van der Waals surface area contributed by atoms with E-state index in [4.69, 9.17) is 10.2 Å².